The number of allylic oxidation sites excluding steroid dienone is 1. The second-order valence-corrected chi connectivity index (χ2v) is 5.52. The maximum absolute atomic E-state index is 11.5. The molecule has 0 aromatic heterocycles. The molecule has 1 amide bonds. The minimum atomic E-state index is -4.00. The molecule has 17 heavy (non-hydrogen) atoms. The summed E-state index contributed by atoms with van der Waals surface area (Å²) in [6.07, 6.45) is 7.41. The quantitative estimate of drug-likeness (QED) is 0.409. The molecule has 0 atom stereocenters. The first-order chi connectivity index (χ1) is 7.87. The molecule has 0 radical (unpaired) electrons. The Labute approximate surface area is 103 Å². The van der Waals surface area contributed by atoms with Gasteiger partial charge in [0.05, 0.1) is 5.75 Å². The average Bonchev–Trinajstić information content (AvgIpc) is 2.24. The van der Waals surface area contributed by atoms with Gasteiger partial charge in [0.25, 0.3) is 10.1 Å². The lowest BCUT2D eigenvalue weighted by atomic mass is 10.2. The number of hydrogen-bond donors (Lipinski definition) is 1. The summed E-state index contributed by atoms with van der Waals surface area (Å²) >= 11 is 0. The van der Waals surface area contributed by atoms with Crippen LogP contribution in [0.4, 0.5) is 0 Å². The first-order valence-corrected chi connectivity index (χ1v) is 7.34. The molecule has 1 N–H and O–H groups in total. The molecule has 0 heterocycles. The fourth-order valence-electron chi connectivity index (χ4n) is 1.19. The van der Waals surface area contributed by atoms with Crippen molar-refractivity contribution in [3.63, 3.8) is 0 Å². The van der Waals surface area contributed by atoms with E-state index in [9.17, 15) is 13.2 Å². The maximum atomic E-state index is 11.5. The van der Waals surface area contributed by atoms with Crippen LogP contribution in [0, 0.1) is 0 Å². The Morgan fingerprint density at radius 3 is 2.53 bits per heavy atom. The van der Waals surface area contributed by atoms with Crippen LogP contribution in [0.3, 0.4) is 0 Å². The first-order valence-electron chi connectivity index (χ1n) is 5.73. The highest BCUT2D eigenvalue weighted by molar-refractivity contribution is 7.85. The van der Waals surface area contributed by atoms with E-state index in [0.29, 0.717) is 0 Å². The van der Waals surface area contributed by atoms with Crippen LogP contribution in [0.25, 0.3) is 0 Å². The van der Waals surface area contributed by atoms with Gasteiger partial charge >= 0.3 is 0 Å². The number of likely N-dealkylation sites (N-methyl/N-ethyl adjacent to an activating group) is 1. The van der Waals surface area contributed by atoms with Crippen molar-refractivity contribution in [3.8, 4) is 0 Å². The molecule has 0 aromatic carbocycles. The summed E-state index contributed by atoms with van der Waals surface area (Å²) in [7, 11) is -2.50. The van der Waals surface area contributed by atoms with Crippen molar-refractivity contribution in [1.82, 2.24) is 4.90 Å². The Hall–Kier alpha value is -0.880. The molecule has 0 aliphatic carbocycles. The molecule has 100 valence electrons. The fourth-order valence-corrected chi connectivity index (χ4v) is 1.69. The van der Waals surface area contributed by atoms with E-state index in [1.807, 2.05) is 0 Å². The van der Waals surface area contributed by atoms with Gasteiger partial charge in [0.1, 0.15) is 0 Å². The minimum absolute atomic E-state index is 0.00301. The Morgan fingerprint density at radius 2 is 2.00 bits per heavy atom. The Bertz CT molecular complexity index is 348. The van der Waals surface area contributed by atoms with Crippen molar-refractivity contribution < 1.29 is 17.8 Å². The van der Waals surface area contributed by atoms with E-state index in [1.165, 1.54) is 18.0 Å². The van der Waals surface area contributed by atoms with E-state index < -0.39 is 15.9 Å². The van der Waals surface area contributed by atoms with Crippen LogP contribution in [-0.4, -0.2) is 43.1 Å². The Kier molecular flexibility index (Phi) is 7.82. The largest absolute Gasteiger partial charge is 0.341 e. The van der Waals surface area contributed by atoms with Crippen molar-refractivity contribution in [3.05, 3.63) is 12.2 Å². The highest BCUT2D eigenvalue weighted by Gasteiger charge is 2.09. The van der Waals surface area contributed by atoms with E-state index in [-0.39, 0.29) is 12.5 Å². The molecule has 6 heteroatoms. The van der Waals surface area contributed by atoms with Crippen molar-refractivity contribution in [1.29, 1.82) is 0 Å². The molecule has 0 bridgehead atoms. The number of nitrogens with zero attached hydrogens (tertiary/aromatic N) is 1. The summed E-state index contributed by atoms with van der Waals surface area (Å²) in [6.45, 7) is 2.11. The molecule has 0 unspecified atom stereocenters. The molecule has 0 rings (SSSR count). The van der Waals surface area contributed by atoms with Crippen LogP contribution in [-0.2, 0) is 14.9 Å². The smallest absolute Gasteiger partial charge is 0.266 e. The highest BCUT2D eigenvalue weighted by atomic mass is 32.2. The van der Waals surface area contributed by atoms with Gasteiger partial charge in [-0.25, -0.2) is 0 Å². The van der Waals surface area contributed by atoms with Crippen molar-refractivity contribution in [2.24, 2.45) is 0 Å². The van der Waals surface area contributed by atoms with Gasteiger partial charge in [0, 0.05) is 13.6 Å². The molecule has 0 saturated heterocycles. The van der Waals surface area contributed by atoms with Crippen LogP contribution >= 0.6 is 0 Å². The van der Waals surface area contributed by atoms with Crippen LogP contribution in [0.5, 0.6) is 0 Å². The van der Waals surface area contributed by atoms with Gasteiger partial charge in [-0.15, -0.1) is 0 Å². The third-order valence-corrected chi connectivity index (χ3v) is 2.99. The minimum Gasteiger partial charge on any atom is -0.341 e. The van der Waals surface area contributed by atoms with Crippen LogP contribution < -0.4 is 0 Å². The average molecular weight is 263 g/mol. The van der Waals surface area contributed by atoms with E-state index in [2.05, 4.69) is 6.92 Å². The summed E-state index contributed by atoms with van der Waals surface area (Å²) in [6, 6.07) is 0. The van der Waals surface area contributed by atoms with E-state index in [4.69, 9.17) is 4.55 Å². The van der Waals surface area contributed by atoms with Crippen LogP contribution in [0.1, 0.15) is 32.6 Å². The zero-order valence-corrected chi connectivity index (χ0v) is 11.2. The molecule has 0 aromatic rings. The van der Waals surface area contributed by atoms with E-state index in [1.54, 1.807) is 6.08 Å². The molecular formula is C11H21NO4S. The number of carbonyl (C=O) groups is 1. The lowest BCUT2D eigenvalue weighted by molar-refractivity contribution is -0.124. The number of unbranched alkanes of at least 4 members (excludes halogenated alkanes) is 3. The zero-order chi connectivity index (χ0) is 13.3. The highest BCUT2D eigenvalue weighted by Crippen LogP contribution is 2.00. The SMILES string of the molecule is CCCCC/C=C/C(=O)N(C)CCS(=O)(=O)O. The standard InChI is InChI=1S/C11H21NO4S/c1-3-4-5-6-7-8-11(13)12(2)9-10-17(14,15)16/h7-8H,3-6,9-10H2,1-2H3,(H,14,15,16)/b8-7+. The molecule has 0 fully saturated rings. The van der Waals surface area contributed by atoms with E-state index in [0.717, 1.165) is 25.7 Å². The molecule has 0 aliphatic rings. The van der Waals surface area contributed by atoms with Gasteiger partial charge in [-0.3, -0.25) is 9.35 Å². The number of hydrogen-bond acceptors (Lipinski definition) is 3. The first kappa shape index (κ1) is 16.1. The van der Waals surface area contributed by atoms with Gasteiger partial charge < -0.3 is 4.90 Å². The molecule has 5 nitrogen and oxygen atoms in total. The van der Waals surface area contributed by atoms with Gasteiger partial charge in [-0.1, -0.05) is 25.8 Å². The normalized spacial score (nSPS) is 11.9. The molecule has 0 aliphatic heterocycles. The topological polar surface area (TPSA) is 74.7 Å². The lowest BCUT2D eigenvalue weighted by Gasteiger charge is -2.13. The van der Waals surface area contributed by atoms with Crippen molar-refractivity contribution >= 4 is 16.0 Å². The van der Waals surface area contributed by atoms with Crippen molar-refractivity contribution in [2.75, 3.05) is 19.3 Å². The summed E-state index contributed by atoms with van der Waals surface area (Å²) < 4.78 is 29.5. The summed E-state index contributed by atoms with van der Waals surface area (Å²) in [5.74, 6) is -0.677. The van der Waals surface area contributed by atoms with Gasteiger partial charge in [-0.05, 0) is 18.9 Å². The number of amides is 1. The van der Waals surface area contributed by atoms with Crippen molar-refractivity contribution in [2.45, 2.75) is 32.6 Å². The second kappa shape index (κ2) is 8.25. The number of carbonyl (C=O) groups excluding carboxylic acids is 1. The third kappa shape index (κ3) is 10.0. The predicted octanol–water partition coefficient (Wildman–Crippen LogP) is 1.47. The van der Waals surface area contributed by atoms with Crippen LogP contribution in [0.15, 0.2) is 12.2 Å². The second-order valence-electron chi connectivity index (χ2n) is 3.94. The molecule has 0 saturated carbocycles. The summed E-state index contributed by atoms with van der Waals surface area (Å²) in [4.78, 5) is 12.7. The number of rotatable bonds is 8. The summed E-state index contributed by atoms with van der Waals surface area (Å²) in [5, 5.41) is 0. The lowest BCUT2D eigenvalue weighted by Crippen LogP contribution is -2.30. The van der Waals surface area contributed by atoms with Gasteiger partial charge in [-0.2, -0.15) is 8.42 Å². The van der Waals surface area contributed by atoms with Gasteiger partial charge in [0.2, 0.25) is 5.91 Å². The van der Waals surface area contributed by atoms with Crippen LogP contribution in [0.2, 0.25) is 0 Å². The Morgan fingerprint density at radius 1 is 1.35 bits per heavy atom. The molecular weight excluding hydrogens is 242 g/mol. The maximum Gasteiger partial charge on any atom is 0.266 e. The zero-order valence-electron chi connectivity index (χ0n) is 10.4. The molecule has 0 spiro atoms. The van der Waals surface area contributed by atoms with E-state index >= 15 is 0 Å². The predicted molar refractivity (Wildman–Crippen MR) is 67.3 cm³/mol. The fraction of sp³-hybridized carbons (Fsp3) is 0.727. The summed E-state index contributed by atoms with van der Waals surface area (Å²) in [5.41, 5.74) is 0. The Balaban J connectivity index is 3.89. The van der Waals surface area contributed by atoms with Gasteiger partial charge in [0.15, 0.2) is 0 Å². The monoisotopic (exact) mass is 263 g/mol. The third-order valence-electron chi connectivity index (χ3n) is 2.30.